The molecule has 1 fully saturated rings. The van der Waals surface area contributed by atoms with Crippen LogP contribution >= 0.6 is 11.6 Å². The lowest BCUT2D eigenvalue weighted by Gasteiger charge is -2.16. The summed E-state index contributed by atoms with van der Waals surface area (Å²) < 4.78 is 5.12. The third-order valence-electron chi connectivity index (χ3n) is 3.85. The van der Waals surface area contributed by atoms with Crippen LogP contribution in [0.3, 0.4) is 0 Å². The van der Waals surface area contributed by atoms with Crippen molar-refractivity contribution >= 4 is 23.5 Å². The minimum absolute atomic E-state index is 0.200. The van der Waals surface area contributed by atoms with E-state index in [0.717, 1.165) is 12.0 Å². The normalized spacial score (nSPS) is 21.0. The van der Waals surface area contributed by atoms with Gasteiger partial charge in [-0.2, -0.15) is 0 Å². The summed E-state index contributed by atoms with van der Waals surface area (Å²) in [6.07, 6.45) is 1.98. The Kier molecular flexibility index (Phi) is 5.07. The molecule has 0 heterocycles. The molecule has 0 radical (unpaired) electrons. The molecule has 2 atom stereocenters. The fraction of sp³-hybridized carbons (Fsp3) is 0.467. The molecule has 1 amide bonds. The van der Waals surface area contributed by atoms with Crippen LogP contribution in [0.25, 0.3) is 0 Å². The first-order chi connectivity index (χ1) is 10.0. The number of rotatable bonds is 5. The smallest absolute Gasteiger partial charge is 0.307 e. The van der Waals surface area contributed by atoms with Gasteiger partial charge < -0.3 is 15.2 Å². The average Bonchev–Trinajstić information content (AvgIpc) is 2.95. The van der Waals surface area contributed by atoms with Crippen LogP contribution in [0.4, 0.5) is 0 Å². The predicted octanol–water partition coefficient (Wildman–Crippen LogP) is 2.47. The van der Waals surface area contributed by atoms with Crippen molar-refractivity contribution < 1.29 is 19.4 Å². The summed E-state index contributed by atoms with van der Waals surface area (Å²) in [6.45, 7) is 0.329. The first-order valence-electron chi connectivity index (χ1n) is 6.86. The lowest BCUT2D eigenvalue weighted by Crippen LogP contribution is -2.34. The van der Waals surface area contributed by atoms with Gasteiger partial charge in [0.25, 0.3) is 0 Å². The average molecular weight is 312 g/mol. The molecular weight excluding hydrogens is 294 g/mol. The second-order valence-electron chi connectivity index (χ2n) is 5.17. The number of benzene rings is 1. The monoisotopic (exact) mass is 311 g/mol. The lowest BCUT2D eigenvalue weighted by atomic mass is 9.95. The standard InChI is InChI=1S/C15H18ClNO4/c1-21-13-7-9(5-6-12(13)16)8-17-14(18)10-3-2-4-11(10)15(19)20/h5-7,10-11H,2-4,8H2,1H3,(H,17,18)(H,19,20)/t10-,11+/m1/s1. The number of methoxy groups -OCH3 is 1. The summed E-state index contributed by atoms with van der Waals surface area (Å²) in [5.41, 5.74) is 0.856. The van der Waals surface area contributed by atoms with E-state index in [2.05, 4.69) is 5.32 Å². The summed E-state index contributed by atoms with van der Waals surface area (Å²) in [5, 5.41) is 12.4. The number of carbonyl (C=O) groups is 2. The molecule has 0 unspecified atom stereocenters. The Morgan fingerprint density at radius 1 is 1.38 bits per heavy atom. The highest BCUT2D eigenvalue weighted by Gasteiger charge is 2.37. The number of halogens is 1. The Bertz CT molecular complexity index is 546. The Morgan fingerprint density at radius 3 is 2.76 bits per heavy atom. The van der Waals surface area contributed by atoms with Gasteiger partial charge in [0, 0.05) is 6.54 Å². The zero-order valence-corrected chi connectivity index (χ0v) is 12.5. The fourth-order valence-corrected chi connectivity index (χ4v) is 2.90. The summed E-state index contributed by atoms with van der Waals surface area (Å²) in [7, 11) is 1.53. The summed E-state index contributed by atoms with van der Waals surface area (Å²) in [5.74, 6) is -1.54. The van der Waals surface area contributed by atoms with Gasteiger partial charge in [-0.05, 0) is 30.5 Å². The Labute approximate surface area is 128 Å². The highest BCUT2D eigenvalue weighted by Crippen LogP contribution is 2.32. The second-order valence-corrected chi connectivity index (χ2v) is 5.58. The number of amides is 1. The molecule has 1 aliphatic carbocycles. The van der Waals surface area contributed by atoms with Crippen LogP contribution in [-0.4, -0.2) is 24.1 Å². The molecular formula is C15H18ClNO4. The predicted molar refractivity (Wildman–Crippen MR) is 78.3 cm³/mol. The molecule has 6 heteroatoms. The zero-order chi connectivity index (χ0) is 15.4. The highest BCUT2D eigenvalue weighted by molar-refractivity contribution is 6.32. The number of carbonyl (C=O) groups excluding carboxylic acids is 1. The number of ether oxygens (including phenoxy) is 1. The molecule has 1 aromatic carbocycles. The molecule has 1 aromatic rings. The van der Waals surface area contributed by atoms with Crippen LogP contribution < -0.4 is 10.1 Å². The van der Waals surface area contributed by atoms with Crippen molar-refractivity contribution in [3.05, 3.63) is 28.8 Å². The van der Waals surface area contributed by atoms with Crippen molar-refractivity contribution in [3.63, 3.8) is 0 Å². The van der Waals surface area contributed by atoms with Crippen LogP contribution in [-0.2, 0) is 16.1 Å². The molecule has 2 rings (SSSR count). The van der Waals surface area contributed by atoms with Crippen molar-refractivity contribution in [2.45, 2.75) is 25.8 Å². The van der Waals surface area contributed by atoms with E-state index in [1.165, 1.54) is 7.11 Å². The first kappa shape index (κ1) is 15.6. The molecule has 0 saturated heterocycles. The van der Waals surface area contributed by atoms with E-state index in [0.29, 0.717) is 30.2 Å². The fourth-order valence-electron chi connectivity index (χ4n) is 2.70. The molecule has 0 aliphatic heterocycles. The van der Waals surface area contributed by atoms with E-state index in [9.17, 15) is 9.59 Å². The van der Waals surface area contributed by atoms with E-state index in [1.807, 2.05) is 0 Å². The van der Waals surface area contributed by atoms with Crippen molar-refractivity contribution in [1.82, 2.24) is 5.32 Å². The number of hydrogen-bond acceptors (Lipinski definition) is 3. The number of aliphatic carboxylic acids is 1. The van der Waals surface area contributed by atoms with Crippen LogP contribution in [0.15, 0.2) is 18.2 Å². The number of nitrogens with one attached hydrogen (secondary N) is 1. The SMILES string of the molecule is COc1cc(CNC(=O)[C@@H]2CCC[C@@H]2C(=O)O)ccc1Cl. The molecule has 0 spiro atoms. The molecule has 1 aliphatic rings. The Morgan fingerprint density at radius 2 is 2.10 bits per heavy atom. The molecule has 1 saturated carbocycles. The van der Waals surface area contributed by atoms with E-state index < -0.39 is 17.8 Å². The summed E-state index contributed by atoms with van der Waals surface area (Å²) >= 11 is 5.94. The van der Waals surface area contributed by atoms with Crippen molar-refractivity contribution in [2.24, 2.45) is 11.8 Å². The molecule has 0 bridgehead atoms. The zero-order valence-electron chi connectivity index (χ0n) is 11.8. The van der Waals surface area contributed by atoms with Gasteiger partial charge in [-0.25, -0.2) is 0 Å². The van der Waals surface area contributed by atoms with Crippen molar-refractivity contribution in [1.29, 1.82) is 0 Å². The van der Waals surface area contributed by atoms with Crippen LogP contribution in [0.1, 0.15) is 24.8 Å². The largest absolute Gasteiger partial charge is 0.495 e. The van der Waals surface area contributed by atoms with E-state index in [4.69, 9.17) is 21.4 Å². The van der Waals surface area contributed by atoms with E-state index in [1.54, 1.807) is 18.2 Å². The van der Waals surface area contributed by atoms with Gasteiger partial charge in [-0.1, -0.05) is 24.1 Å². The molecule has 21 heavy (non-hydrogen) atoms. The van der Waals surface area contributed by atoms with E-state index >= 15 is 0 Å². The van der Waals surface area contributed by atoms with Crippen LogP contribution in [0, 0.1) is 11.8 Å². The van der Waals surface area contributed by atoms with Crippen LogP contribution in [0.5, 0.6) is 5.75 Å². The van der Waals surface area contributed by atoms with E-state index in [-0.39, 0.29) is 5.91 Å². The summed E-state index contributed by atoms with van der Waals surface area (Å²) in [4.78, 5) is 23.2. The highest BCUT2D eigenvalue weighted by atomic mass is 35.5. The van der Waals surface area contributed by atoms with Gasteiger partial charge in [0.05, 0.1) is 24.0 Å². The van der Waals surface area contributed by atoms with Gasteiger partial charge >= 0.3 is 5.97 Å². The maximum absolute atomic E-state index is 12.1. The van der Waals surface area contributed by atoms with Gasteiger partial charge in [0.1, 0.15) is 5.75 Å². The lowest BCUT2D eigenvalue weighted by molar-refractivity contribution is -0.146. The third-order valence-corrected chi connectivity index (χ3v) is 4.16. The van der Waals surface area contributed by atoms with Gasteiger partial charge in [0.2, 0.25) is 5.91 Å². The third kappa shape index (κ3) is 3.67. The van der Waals surface area contributed by atoms with Gasteiger partial charge in [0.15, 0.2) is 0 Å². The second kappa shape index (κ2) is 6.80. The van der Waals surface area contributed by atoms with Crippen molar-refractivity contribution in [2.75, 3.05) is 7.11 Å². The minimum Gasteiger partial charge on any atom is -0.495 e. The molecule has 2 N–H and O–H groups in total. The minimum atomic E-state index is -0.888. The Balaban J connectivity index is 1.96. The number of carboxylic acid groups (broad SMARTS) is 1. The van der Waals surface area contributed by atoms with Crippen molar-refractivity contribution in [3.8, 4) is 5.75 Å². The summed E-state index contributed by atoms with van der Waals surface area (Å²) in [6, 6.07) is 5.26. The molecule has 0 aromatic heterocycles. The van der Waals surface area contributed by atoms with Gasteiger partial charge in [-0.15, -0.1) is 0 Å². The topological polar surface area (TPSA) is 75.6 Å². The first-order valence-corrected chi connectivity index (χ1v) is 7.23. The Hall–Kier alpha value is -1.75. The van der Waals surface area contributed by atoms with Gasteiger partial charge in [-0.3, -0.25) is 9.59 Å². The molecule has 114 valence electrons. The maximum Gasteiger partial charge on any atom is 0.307 e. The number of hydrogen-bond donors (Lipinski definition) is 2. The van der Waals surface area contributed by atoms with Crippen LogP contribution in [0.2, 0.25) is 5.02 Å². The maximum atomic E-state index is 12.1. The quantitative estimate of drug-likeness (QED) is 0.876. The molecule has 5 nitrogen and oxygen atoms in total. The number of carboxylic acids is 1.